The molecular formula is C11H18BrNOS2. The Morgan fingerprint density at radius 3 is 2.88 bits per heavy atom. The third-order valence-electron chi connectivity index (χ3n) is 2.31. The zero-order chi connectivity index (χ0) is 12.0. The lowest BCUT2D eigenvalue weighted by Crippen LogP contribution is -2.25. The van der Waals surface area contributed by atoms with Crippen LogP contribution in [-0.2, 0) is 4.74 Å². The van der Waals surface area contributed by atoms with Gasteiger partial charge >= 0.3 is 0 Å². The van der Waals surface area contributed by atoms with Crippen molar-refractivity contribution in [2.75, 3.05) is 19.5 Å². The third-order valence-corrected chi connectivity index (χ3v) is 5.60. The van der Waals surface area contributed by atoms with Crippen molar-refractivity contribution in [3.8, 4) is 0 Å². The Morgan fingerprint density at radius 2 is 2.38 bits per heavy atom. The Morgan fingerprint density at radius 1 is 1.62 bits per heavy atom. The second-order valence-corrected chi connectivity index (χ2v) is 6.63. The minimum Gasteiger partial charge on any atom is -0.384 e. The molecule has 1 heterocycles. The summed E-state index contributed by atoms with van der Waals surface area (Å²) in [5, 5.41) is 2.50. The van der Waals surface area contributed by atoms with Gasteiger partial charge in [-0.25, -0.2) is 0 Å². The number of thioether (sulfide) groups is 1. The largest absolute Gasteiger partial charge is 0.384 e. The summed E-state index contributed by atoms with van der Waals surface area (Å²) < 4.78 is 6.23. The van der Waals surface area contributed by atoms with Crippen LogP contribution in [0.25, 0.3) is 0 Å². The summed E-state index contributed by atoms with van der Waals surface area (Å²) >= 11 is 7.14. The van der Waals surface area contributed by atoms with Crippen LogP contribution in [0.3, 0.4) is 0 Å². The van der Waals surface area contributed by atoms with Gasteiger partial charge in [0.15, 0.2) is 0 Å². The molecule has 0 radical (unpaired) electrons. The molecule has 1 aromatic heterocycles. The Hall–Kier alpha value is 0.450. The summed E-state index contributed by atoms with van der Waals surface area (Å²) in [5.41, 5.74) is 6.17. The van der Waals surface area contributed by atoms with Gasteiger partial charge < -0.3 is 10.5 Å². The molecule has 0 aliphatic rings. The minimum absolute atomic E-state index is 0.215. The molecule has 16 heavy (non-hydrogen) atoms. The Kier molecular flexibility index (Phi) is 7.00. The first-order valence-electron chi connectivity index (χ1n) is 5.29. The summed E-state index contributed by atoms with van der Waals surface area (Å²) in [6.07, 6.45) is 1.00. The Labute approximate surface area is 114 Å². The minimum atomic E-state index is 0.215. The number of halogens is 1. The molecule has 2 N–H and O–H groups in total. The normalized spacial score (nSPS) is 15.0. The molecule has 0 saturated heterocycles. The van der Waals surface area contributed by atoms with Crippen LogP contribution in [0.4, 0.5) is 0 Å². The van der Waals surface area contributed by atoms with Gasteiger partial charge in [0, 0.05) is 33.6 Å². The Balaban J connectivity index is 2.63. The van der Waals surface area contributed by atoms with E-state index in [1.54, 1.807) is 18.4 Å². The van der Waals surface area contributed by atoms with Crippen molar-refractivity contribution >= 4 is 39.0 Å². The number of hydrogen-bond donors (Lipinski definition) is 1. The fourth-order valence-electron chi connectivity index (χ4n) is 1.37. The van der Waals surface area contributed by atoms with E-state index >= 15 is 0 Å². The lowest BCUT2D eigenvalue weighted by molar-refractivity contribution is 0.218. The predicted octanol–water partition coefficient (Wildman–Crippen LogP) is 3.67. The molecule has 2 nitrogen and oxygen atoms in total. The smallest absolute Gasteiger partial charge is 0.0553 e. The predicted molar refractivity (Wildman–Crippen MR) is 77.4 cm³/mol. The SMILES string of the molecule is CCC(N)C(SCCOC)c1cc(Br)cs1. The van der Waals surface area contributed by atoms with Crippen molar-refractivity contribution in [1.29, 1.82) is 0 Å². The number of thiophene rings is 1. The molecule has 0 fully saturated rings. The van der Waals surface area contributed by atoms with Crippen LogP contribution in [0.5, 0.6) is 0 Å². The maximum absolute atomic E-state index is 6.17. The van der Waals surface area contributed by atoms with Gasteiger partial charge in [0.1, 0.15) is 0 Å². The number of hydrogen-bond acceptors (Lipinski definition) is 4. The highest BCUT2D eigenvalue weighted by Gasteiger charge is 2.20. The van der Waals surface area contributed by atoms with Crippen LogP contribution in [0.15, 0.2) is 15.9 Å². The van der Waals surface area contributed by atoms with E-state index in [9.17, 15) is 0 Å². The second-order valence-electron chi connectivity index (χ2n) is 3.52. The summed E-state index contributed by atoms with van der Waals surface area (Å²) in [5.74, 6) is 0.990. The number of rotatable bonds is 7. The van der Waals surface area contributed by atoms with E-state index < -0.39 is 0 Å². The van der Waals surface area contributed by atoms with Crippen LogP contribution in [-0.4, -0.2) is 25.5 Å². The average molecular weight is 324 g/mol. The molecule has 0 spiro atoms. The fourth-order valence-corrected chi connectivity index (χ4v) is 4.43. The first-order chi connectivity index (χ1) is 7.69. The fraction of sp³-hybridized carbons (Fsp3) is 0.636. The highest BCUT2D eigenvalue weighted by molar-refractivity contribution is 9.10. The molecule has 2 atom stereocenters. The van der Waals surface area contributed by atoms with E-state index in [1.807, 2.05) is 11.8 Å². The van der Waals surface area contributed by atoms with Crippen molar-refractivity contribution in [2.24, 2.45) is 5.73 Å². The van der Waals surface area contributed by atoms with Crippen molar-refractivity contribution in [1.82, 2.24) is 0 Å². The summed E-state index contributed by atoms with van der Waals surface area (Å²) in [6, 6.07) is 2.39. The maximum Gasteiger partial charge on any atom is 0.0553 e. The average Bonchev–Trinajstić information content (AvgIpc) is 2.70. The quantitative estimate of drug-likeness (QED) is 0.777. The van der Waals surface area contributed by atoms with Gasteiger partial charge in [-0.05, 0) is 28.4 Å². The molecule has 5 heteroatoms. The van der Waals surface area contributed by atoms with Gasteiger partial charge in [-0.3, -0.25) is 0 Å². The molecule has 0 aliphatic carbocycles. The van der Waals surface area contributed by atoms with Crippen molar-refractivity contribution in [3.63, 3.8) is 0 Å². The molecule has 92 valence electrons. The highest BCUT2D eigenvalue weighted by Crippen LogP contribution is 2.37. The highest BCUT2D eigenvalue weighted by atomic mass is 79.9. The van der Waals surface area contributed by atoms with Crippen LogP contribution in [0.1, 0.15) is 23.5 Å². The summed E-state index contributed by atoms with van der Waals surface area (Å²) in [6.45, 7) is 2.92. The molecule has 0 amide bonds. The number of methoxy groups -OCH3 is 1. The zero-order valence-electron chi connectivity index (χ0n) is 9.61. The summed E-state index contributed by atoms with van der Waals surface area (Å²) in [4.78, 5) is 1.35. The van der Waals surface area contributed by atoms with Crippen molar-refractivity contribution < 1.29 is 4.74 Å². The van der Waals surface area contributed by atoms with Gasteiger partial charge in [-0.1, -0.05) is 6.92 Å². The standard InChI is InChI=1S/C11H18BrNOS2/c1-3-9(13)11(15-5-4-14-2)10-6-8(12)7-16-10/h6-7,9,11H,3-5,13H2,1-2H3. The number of nitrogens with two attached hydrogens (primary N) is 1. The first kappa shape index (κ1) is 14.5. The van der Waals surface area contributed by atoms with E-state index in [-0.39, 0.29) is 6.04 Å². The van der Waals surface area contributed by atoms with Gasteiger partial charge in [0.2, 0.25) is 0 Å². The molecular weight excluding hydrogens is 306 g/mol. The lowest BCUT2D eigenvalue weighted by Gasteiger charge is -2.21. The zero-order valence-corrected chi connectivity index (χ0v) is 12.8. The molecule has 0 aliphatic heterocycles. The Bertz CT molecular complexity index is 306. The van der Waals surface area contributed by atoms with Gasteiger partial charge in [0.25, 0.3) is 0 Å². The third kappa shape index (κ3) is 4.37. The van der Waals surface area contributed by atoms with Crippen molar-refractivity contribution in [3.05, 3.63) is 20.8 Å². The molecule has 1 aromatic rings. The molecule has 1 rings (SSSR count). The molecule has 0 saturated carbocycles. The lowest BCUT2D eigenvalue weighted by atomic mass is 10.1. The van der Waals surface area contributed by atoms with E-state index in [0.717, 1.165) is 23.3 Å². The first-order valence-corrected chi connectivity index (χ1v) is 8.01. The van der Waals surface area contributed by atoms with E-state index in [4.69, 9.17) is 10.5 Å². The van der Waals surface area contributed by atoms with E-state index in [2.05, 4.69) is 34.3 Å². The van der Waals surface area contributed by atoms with Crippen LogP contribution in [0.2, 0.25) is 0 Å². The van der Waals surface area contributed by atoms with E-state index in [1.165, 1.54) is 4.88 Å². The van der Waals surface area contributed by atoms with Gasteiger partial charge in [-0.2, -0.15) is 0 Å². The topological polar surface area (TPSA) is 35.2 Å². The van der Waals surface area contributed by atoms with Crippen LogP contribution in [0, 0.1) is 0 Å². The molecule has 2 unspecified atom stereocenters. The molecule has 0 aromatic carbocycles. The van der Waals surface area contributed by atoms with E-state index in [0.29, 0.717) is 5.25 Å². The maximum atomic E-state index is 6.17. The second kappa shape index (κ2) is 7.71. The van der Waals surface area contributed by atoms with Crippen LogP contribution < -0.4 is 5.73 Å². The summed E-state index contributed by atoms with van der Waals surface area (Å²) in [7, 11) is 1.73. The van der Waals surface area contributed by atoms with Crippen LogP contribution >= 0.6 is 39.0 Å². The molecule has 0 bridgehead atoms. The number of ether oxygens (including phenoxy) is 1. The van der Waals surface area contributed by atoms with Crippen molar-refractivity contribution in [2.45, 2.75) is 24.6 Å². The van der Waals surface area contributed by atoms with Gasteiger partial charge in [0.05, 0.1) is 11.9 Å². The monoisotopic (exact) mass is 323 g/mol. The van der Waals surface area contributed by atoms with Gasteiger partial charge in [-0.15, -0.1) is 23.1 Å².